The van der Waals surface area contributed by atoms with E-state index < -0.39 is 5.97 Å². The zero-order valence-electron chi connectivity index (χ0n) is 20.9. The average molecular weight is 467 g/mol. The highest BCUT2D eigenvalue weighted by Gasteiger charge is 2.29. The van der Waals surface area contributed by atoms with Gasteiger partial charge in [-0.2, -0.15) is 0 Å². The highest BCUT2D eigenvalue weighted by Crippen LogP contribution is 2.40. The van der Waals surface area contributed by atoms with Crippen molar-refractivity contribution in [2.24, 2.45) is 0 Å². The number of ketones is 1. The Morgan fingerprint density at radius 3 is 2.56 bits per heavy atom. The zero-order chi connectivity index (χ0) is 25.2. The number of ether oxygens (including phenoxy) is 1. The number of Topliss-reactive ketones (excluding diaryl/α,β-unsaturated/α-hetero) is 1. The van der Waals surface area contributed by atoms with Gasteiger partial charge in [0.25, 0.3) is 0 Å². The number of benzene rings is 1. The van der Waals surface area contributed by atoms with Crippen LogP contribution >= 0.6 is 0 Å². The van der Waals surface area contributed by atoms with Crippen LogP contribution in [-0.2, 0) is 16.8 Å². The topological polar surface area (TPSA) is 107 Å². The fourth-order valence-electron chi connectivity index (χ4n) is 3.97. The molecular weight excluding hydrogens is 432 g/mol. The summed E-state index contributed by atoms with van der Waals surface area (Å²) in [5.41, 5.74) is 4.35. The minimum atomic E-state index is -0.853. The maximum Gasteiger partial charge on any atom is 0.303 e. The van der Waals surface area contributed by atoms with Crippen LogP contribution in [0.25, 0.3) is 0 Å². The molecule has 8 nitrogen and oxygen atoms in total. The number of hydrogen-bond donors (Lipinski definition) is 2. The lowest BCUT2D eigenvalue weighted by molar-refractivity contribution is -0.137. The van der Waals surface area contributed by atoms with E-state index in [0.717, 1.165) is 22.5 Å². The van der Waals surface area contributed by atoms with Crippen molar-refractivity contribution >= 4 is 23.3 Å². The molecule has 2 N–H and O–H groups in total. The molecule has 0 radical (unpaired) electrons. The number of carboxylic acids is 1. The molecule has 0 spiro atoms. The van der Waals surface area contributed by atoms with Gasteiger partial charge in [-0.1, -0.05) is 26.8 Å². The average Bonchev–Trinajstić information content (AvgIpc) is 3.04. The summed E-state index contributed by atoms with van der Waals surface area (Å²) in [5, 5.41) is 17.4. The number of carboxylic acid groups (broad SMARTS) is 1. The number of fused-ring (bicyclic) bond motifs is 1. The zero-order valence-corrected chi connectivity index (χ0v) is 20.9. The largest absolute Gasteiger partial charge is 0.491 e. The number of nitrogens with one attached hydrogen (secondary N) is 1. The number of carbonyl (C=O) groups is 2. The molecule has 1 aromatic carbocycles. The van der Waals surface area contributed by atoms with E-state index in [1.165, 1.54) is 0 Å². The Bertz CT molecular complexity index is 1120. The van der Waals surface area contributed by atoms with Crippen molar-refractivity contribution in [1.82, 2.24) is 9.88 Å². The molecule has 182 valence electrons. The van der Waals surface area contributed by atoms with Crippen molar-refractivity contribution in [3.63, 3.8) is 0 Å². The number of aryl methyl sites for hydroxylation is 1. The van der Waals surface area contributed by atoms with Gasteiger partial charge in [0.1, 0.15) is 17.3 Å². The fourth-order valence-corrected chi connectivity index (χ4v) is 3.97. The molecule has 0 aliphatic carbocycles. The number of hydrogen-bond acceptors (Lipinski definition) is 6. The Labute approximate surface area is 201 Å². The molecule has 3 rings (SSSR count). The van der Waals surface area contributed by atoms with Crippen LogP contribution < -0.4 is 9.64 Å². The Hall–Kier alpha value is -3.42. The number of pyridine rings is 1. The van der Waals surface area contributed by atoms with Crippen molar-refractivity contribution < 1.29 is 19.4 Å². The molecule has 0 bridgehead atoms. The van der Waals surface area contributed by atoms with Crippen LogP contribution in [-0.4, -0.2) is 59.8 Å². The number of rotatable bonds is 9. The van der Waals surface area contributed by atoms with Gasteiger partial charge in [0.15, 0.2) is 5.78 Å². The maximum atomic E-state index is 13.4. The van der Waals surface area contributed by atoms with Gasteiger partial charge >= 0.3 is 5.97 Å². The second-order valence-electron chi connectivity index (χ2n) is 9.95. The quantitative estimate of drug-likeness (QED) is 0.425. The van der Waals surface area contributed by atoms with Crippen LogP contribution in [0.4, 0.5) is 5.69 Å². The molecule has 8 heteroatoms. The third kappa shape index (κ3) is 5.55. The van der Waals surface area contributed by atoms with E-state index in [4.69, 9.17) is 15.3 Å². The minimum absolute atomic E-state index is 0.0390. The molecule has 0 saturated carbocycles. The molecule has 0 atom stereocenters. The first-order valence-corrected chi connectivity index (χ1v) is 11.4. The second kappa shape index (κ2) is 9.83. The lowest BCUT2D eigenvalue weighted by Crippen LogP contribution is -2.31. The normalized spacial score (nSPS) is 13.1. The van der Waals surface area contributed by atoms with Gasteiger partial charge in [0.2, 0.25) is 0 Å². The summed E-state index contributed by atoms with van der Waals surface area (Å²) in [6, 6.07) is 7.58. The lowest BCUT2D eigenvalue weighted by atomic mass is 9.84. The van der Waals surface area contributed by atoms with Gasteiger partial charge in [-0.25, -0.2) is 4.98 Å². The van der Waals surface area contributed by atoms with E-state index >= 15 is 0 Å². The first kappa shape index (κ1) is 25.2. The van der Waals surface area contributed by atoms with Gasteiger partial charge in [-0.3, -0.25) is 15.0 Å². The van der Waals surface area contributed by atoms with Gasteiger partial charge < -0.3 is 19.6 Å². The Morgan fingerprint density at radius 1 is 1.24 bits per heavy atom. The lowest BCUT2D eigenvalue weighted by Gasteiger charge is -2.28. The van der Waals surface area contributed by atoms with E-state index in [1.54, 1.807) is 4.90 Å². The van der Waals surface area contributed by atoms with Crippen LogP contribution in [0.2, 0.25) is 0 Å². The number of aromatic nitrogens is 1. The van der Waals surface area contributed by atoms with E-state index in [0.29, 0.717) is 30.0 Å². The summed E-state index contributed by atoms with van der Waals surface area (Å²) in [7, 11) is 3.78. The number of amidine groups is 1. The van der Waals surface area contributed by atoms with Crippen LogP contribution in [0.15, 0.2) is 24.3 Å². The third-order valence-electron chi connectivity index (χ3n) is 5.82. The highest BCUT2D eigenvalue weighted by atomic mass is 16.5. The van der Waals surface area contributed by atoms with Crippen molar-refractivity contribution in [2.75, 3.05) is 32.1 Å². The Balaban J connectivity index is 1.89. The Morgan fingerprint density at radius 2 is 1.94 bits per heavy atom. The van der Waals surface area contributed by atoms with Crippen molar-refractivity contribution in [1.29, 1.82) is 5.41 Å². The fraction of sp³-hybridized carbons (Fsp3) is 0.462. The summed E-state index contributed by atoms with van der Waals surface area (Å²) in [6.07, 6.45) is 0.439. The summed E-state index contributed by atoms with van der Waals surface area (Å²) < 4.78 is 6.08. The predicted molar refractivity (Wildman–Crippen MR) is 132 cm³/mol. The van der Waals surface area contributed by atoms with Gasteiger partial charge in [-0.05, 0) is 37.0 Å². The molecule has 0 unspecified atom stereocenters. The van der Waals surface area contributed by atoms with E-state index in [1.807, 2.05) is 50.2 Å². The van der Waals surface area contributed by atoms with E-state index in [-0.39, 0.29) is 36.6 Å². The monoisotopic (exact) mass is 466 g/mol. The number of aliphatic carboxylic acids is 1. The Kier molecular flexibility index (Phi) is 7.29. The summed E-state index contributed by atoms with van der Waals surface area (Å²) >= 11 is 0. The molecule has 1 aliphatic rings. The molecule has 2 heterocycles. The summed E-state index contributed by atoms with van der Waals surface area (Å²) in [6.45, 7) is 8.92. The van der Waals surface area contributed by atoms with Crippen LogP contribution in [0, 0.1) is 12.3 Å². The smallest absolute Gasteiger partial charge is 0.303 e. The molecular formula is C26H34N4O4. The molecule has 1 aliphatic heterocycles. The maximum absolute atomic E-state index is 13.4. The molecule has 1 aromatic heterocycles. The molecule has 2 aromatic rings. The highest BCUT2D eigenvalue weighted by molar-refractivity contribution is 6.05. The standard InChI is InChI=1S/C26H34N4O4/c1-16-9-10-17-14-30(25(27)23(17)28-16)15-21(31)18-12-19(26(2,3)4)24(20(13-18)29(5)6)34-11-7-8-22(32)33/h9-10,12-13,27H,7-8,11,14-15H2,1-6H3,(H,32,33). The van der Waals surface area contributed by atoms with E-state index in [2.05, 4.69) is 25.8 Å². The van der Waals surface area contributed by atoms with Crippen molar-refractivity contribution in [3.05, 3.63) is 52.3 Å². The van der Waals surface area contributed by atoms with Gasteiger partial charge in [0, 0.05) is 49.4 Å². The summed E-state index contributed by atoms with van der Waals surface area (Å²) in [4.78, 5) is 32.4. The molecule has 0 fully saturated rings. The van der Waals surface area contributed by atoms with Crippen molar-refractivity contribution in [2.45, 2.75) is 52.5 Å². The number of carbonyl (C=O) groups excluding carboxylic acids is 1. The predicted octanol–water partition coefficient (Wildman–Crippen LogP) is 4.02. The summed E-state index contributed by atoms with van der Waals surface area (Å²) in [5.74, 6) is 0.00321. The van der Waals surface area contributed by atoms with Gasteiger partial charge in [0.05, 0.1) is 18.8 Å². The van der Waals surface area contributed by atoms with Crippen LogP contribution in [0.5, 0.6) is 5.75 Å². The molecule has 0 saturated heterocycles. The first-order chi connectivity index (χ1) is 15.9. The molecule has 34 heavy (non-hydrogen) atoms. The van der Waals surface area contributed by atoms with Crippen LogP contribution in [0.1, 0.15) is 66.5 Å². The SMILES string of the molecule is Cc1ccc2c(n1)C(=N)N(CC(=O)c1cc(N(C)C)c(OCCCC(=O)O)c(C(C)(C)C)c1)C2. The van der Waals surface area contributed by atoms with Crippen molar-refractivity contribution in [3.8, 4) is 5.75 Å². The molecule has 0 amide bonds. The second-order valence-corrected chi connectivity index (χ2v) is 9.95. The van der Waals surface area contributed by atoms with Crippen LogP contribution in [0.3, 0.4) is 0 Å². The number of anilines is 1. The first-order valence-electron chi connectivity index (χ1n) is 11.4. The third-order valence-corrected chi connectivity index (χ3v) is 5.82. The van der Waals surface area contributed by atoms with E-state index in [9.17, 15) is 9.59 Å². The minimum Gasteiger partial charge on any atom is -0.491 e. The van der Waals surface area contributed by atoms with Gasteiger partial charge in [-0.15, -0.1) is 0 Å². The number of nitrogens with zero attached hydrogens (tertiary/aromatic N) is 3.